The molecule has 41 heavy (non-hydrogen) atoms. The zero-order valence-corrected chi connectivity index (χ0v) is 27.1. The van der Waals surface area contributed by atoms with E-state index in [1.54, 1.807) is 46.2 Å². The molecule has 0 N–H and O–H groups in total. The van der Waals surface area contributed by atoms with Gasteiger partial charge in [-0.2, -0.15) is 9.13 Å². The summed E-state index contributed by atoms with van der Waals surface area (Å²) >= 11 is 6.56. The third kappa shape index (κ3) is 11.9. The van der Waals surface area contributed by atoms with E-state index in [0.717, 1.165) is 21.8 Å². The lowest BCUT2D eigenvalue weighted by Gasteiger charge is -2.06. The fraction of sp³-hybridized carbons (Fsp3) is 0.385. The lowest BCUT2D eigenvalue weighted by atomic mass is 10.3. The fourth-order valence-corrected chi connectivity index (χ4v) is 8.18. The lowest BCUT2D eigenvalue weighted by Crippen LogP contribution is -2.32. The Bertz CT molecular complexity index is 1430. The molecular weight excluding hydrogens is 629 g/mol. The van der Waals surface area contributed by atoms with E-state index in [4.69, 9.17) is 27.0 Å². The van der Waals surface area contributed by atoms with Gasteiger partial charge in [0.05, 0.1) is 13.2 Å². The van der Waals surface area contributed by atoms with E-state index in [1.165, 1.54) is 20.4 Å². The van der Waals surface area contributed by atoms with Crippen LogP contribution in [0.15, 0.2) is 57.2 Å². The van der Waals surface area contributed by atoms with Crippen LogP contribution >= 0.6 is 46.2 Å². The molecule has 4 aromatic rings. The number of fused-ring (bicyclic) bond motifs is 2. The highest BCUT2D eigenvalue weighted by molar-refractivity contribution is 8.01. The Morgan fingerprint density at radius 3 is 1.39 bits per heavy atom. The molecule has 10 nitrogen and oxygen atoms in total. The fourth-order valence-electron chi connectivity index (χ4n) is 3.49. The molecule has 2 aromatic carbocycles. The number of benzene rings is 2. The van der Waals surface area contributed by atoms with Gasteiger partial charge in [0, 0.05) is 22.5 Å². The number of aromatic nitrogens is 2. The van der Waals surface area contributed by atoms with E-state index in [1.807, 2.05) is 38.1 Å². The van der Waals surface area contributed by atoms with Crippen molar-refractivity contribution < 1.29 is 45.7 Å². The zero-order chi connectivity index (χ0) is 30.4. The number of nitrogens with zero attached hydrogens (tertiary/aromatic N) is 2. The number of rotatable bonds is 10. The Hall–Kier alpha value is -2.27. The number of thioether (sulfide) groups is 2. The summed E-state index contributed by atoms with van der Waals surface area (Å²) in [4.78, 5) is 22.8. The summed E-state index contributed by atoms with van der Waals surface area (Å²) in [5.41, 5.74) is 2.47. The van der Waals surface area contributed by atoms with Crippen LogP contribution in [-0.4, -0.2) is 54.2 Å². The quantitative estimate of drug-likeness (QED) is 0.0791. The first-order chi connectivity index (χ1) is 19.5. The van der Waals surface area contributed by atoms with Crippen molar-refractivity contribution >= 4 is 89.0 Å². The smallest absolute Gasteiger partial charge is 0.316 e. The molecule has 0 spiro atoms. The third-order valence-corrected chi connectivity index (χ3v) is 9.84. The predicted molar refractivity (Wildman–Crippen MR) is 161 cm³/mol. The van der Waals surface area contributed by atoms with Crippen molar-refractivity contribution in [3.05, 3.63) is 48.5 Å². The first-order valence-electron chi connectivity index (χ1n) is 12.6. The van der Waals surface area contributed by atoms with Crippen LogP contribution < -0.4 is 9.13 Å². The van der Waals surface area contributed by atoms with Crippen molar-refractivity contribution in [1.29, 1.82) is 0 Å². The molecule has 0 fully saturated rings. The van der Waals surface area contributed by atoms with Crippen LogP contribution in [0.2, 0.25) is 0 Å². The molecule has 0 saturated heterocycles. The summed E-state index contributed by atoms with van der Waals surface area (Å²) in [5, 5.41) is 0. The first kappa shape index (κ1) is 34.9. The highest BCUT2D eigenvalue weighted by atomic mass is 32.3. The number of hydrogen-bond donors (Lipinski definition) is 0. The van der Waals surface area contributed by atoms with Gasteiger partial charge in [-0.15, -0.1) is 0 Å². The molecule has 0 atom stereocenters. The Morgan fingerprint density at radius 2 is 1.07 bits per heavy atom. The number of esters is 2. The molecule has 0 aliphatic carbocycles. The second-order valence-electron chi connectivity index (χ2n) is 7.76. The minimum absolute atomic E-state index is 0.150. The minimum atomic E-state index is -5.17. The third-order valence-electron chi connectivity index (χ3n) is 5.02. The summed E-state index contributed by atoms with van der Waals surface area (Å²) in [6.45, 7) is 10.6. The molecule has 0 unspecified atom stereocenters. The maximum Gasteiger partial charge on any atom is 0.316 e. The molecule has 2 heterocycles. The van der Waals surface area contributed by atoms with Gasteiger partial charge < -0.3 is 18.6 Å². The van der Waals surface area contributed by atoms with E-state index >= 15 is 0 Å². The molecule has 0 radical (unpaired) electrons. The van der Waals surface area contributed by atoms with E-state index in [0.29, 0.717) is 24.7 Å². The van der Waals surface area contributed by atoms with Crippen LogP contribution in [-0.2, 0) is 42.6 Å². The van der Waals surface area contributed by atoms with Gasteiger partial charge in [0.15, 0.2) is 0 Å². The highest BCUT2D eigenvalue weighted by Gasteiger charge is 2.21. The summed E-state index contributed by atoms with van der Waals surface area (Å²) in [5.74, 6) is 0.451. The van der Waals surface area contributed by atoms with E-state index in [2.05, 4.69) is 47.2 Å². The molecule has 0 aliphatic heterocycles. The SMILES string of the molecule is CCOC(=O)CSc1sc2ccccc2[n+]1CC.CCOC(=O)CSc1sc2ccccc2[n+]1CC.O=S(=O)([O-])[O-]. The Balaban J connectivity index is 0.000000247. The molecule has 4 rings (SSSR count). The average molecular weight is 661 g/mol. The first-order valence-corrected chi connectivity index (χ1v) is 17.5. The van der Waals surface area contributed by atoms with Gasteiger partial charge in [-0.1, -0.05) is 46.9 Å². The molecule has 2 aromatic heterocycles. The topological polar surface area (TPSA) is 141 Å². The predicted octanol–water partition coefficient (Wildman–Crippen LogP) is 4.39. The standard InChI is InChI=1S/2C13H16NO2S2.H2O4S/c2*1-3-14-10-7-5-6-8-11(10)18-13(14)17-9-12(15)16-4-2;1-5(2,3)4/h2*5-8H,3-4,9H2,1-2H3;(H2,1,2,3,4)/q2*+1;/p-2. The molecule has 224 valence electrons. The molecule has 0 amide bonds. The van der Waals surface area contributed by atoms with Crippen LogP contribution in [0.5, 0.6) is 0 Å². The summed E-state index contributed by atoms with van der Waals surface area (Å²) in [6.07, 6.45) is 0. The normalized spacial score (nSPS) is 10.9. The van der Waals surface area contributed by atoms with E-state index in [-0.39, 0.29) is 11.9 Å². The van der Waals surface area contributed by atoms with Gasteiger partial charge in [0.2, 0.25) is 11.0 Å². The number of carbonyl (C=O) groups excluding carboxylic acids is 2. The molecular formula is C26H32N2O8S5. The average Bonchev–Trinajstić information content (AvgIpc) is 3.47. The van der Waals surface area contributed by atoms with Gasteiger partial charge in [-0.05, 0) is 63.4 Å². The Labute approximate surface area is 256 Å². The molecule has 0 aliphatic rings. The highest BCUT2D eigenvalue weighted by Crippen LogP contribution is 2.29. The number of aryl methyl sites for hydroxylation is 2. The monoisotopic (exact) mass is 660 g/mol. The largest absolute Gasteiger partial charge is 0.759 e. The summed E-state index contributed by atoms with van der Waals surface area (Å²) in [6, 6.07) is 16.6. The number of para-hydroxylation sites is 2. The Morgan fingerprint density at radius 1 is 0.732 bits per heavy atom. The second kappa shape index (κ2) is 17.6. The Kier molecular flexibility index (Phi) is 15.0. The van der Waals surface area contributed by atoms with Crippen LogP contribution in [0.1, 0.15) is 27.7 Å². The molecule has 0 bridgehead atoms. The molecule has 15 heteroatoms. The van der Waals surface area contributed by atoms with Crippen molar-refractivity contribution in [1.82, 2.24) is 0 Å². The van der Waals surface area contributed by atoms with E-state index < -0.39 is 10.4 Å². The maximum absolute atomic E-state index is 11.4. The number of carbonyl (C=O) groups is 2. The van der Waals surface area contributed by atoms with Gasteiger partial charge in [0.1, 0.15) is 34.0 Å². The van der Waals surface area contributed by atoms with Crippen molar-refractivity contribution in [2.75, 3.05) is 24.7 Å². The number of hydrogen-bond acceptors (Lipinski definition) is 12. The van der Waals surface area contributed by atoms with E-state index in [9.17, 15) is 9.59 Å². The second-order valence-corrected chi connectivity index (χ2v) is 13.1. The maximum atomic E-state index is 11.4. The van der Waals surface area contributed by atoms with Gasteiger partial charge in [-0.25, -0.2) is 0 Å². The van der Waals surface area contributed by atoms with Crippen molar-refractivity contribution in [3.63, 3.8) is 0 Å². The minimum Gasteiger partial charge on any atom is -0.759 e. The van der Waals surface area contributed by atoms with Gasteiger partial charge in [-0.3, -0.25) is 18.0 Å². The lowest BCUT2D eigenvalue weighted by molar-refractivity contribution is -0.698. The number of thiazole rings is 2. The van der Waals surface area contributed by atoms with Gasteiger partial charge in [0.25, 0.3) is 8.68 Å². The van der Waals surface area contributed by atoms with Crippen molar-refractivity contribution in [3.8, 4) is 0 Å². The summed E-state index contributed by atoms with van der Waals surface area (Å²) < 4.78 is 53.3. The van der Waals surface area contributed by atoms with Gasteiger partial charge >= 0.3 is 11.9 Å². The van der Waals surface area contributed by atoms with Crippen molar-refractivity contribution in [2.24, 2.45) is 0 Å². The van der Waals surface area contributed by atoms with Crippen LogP contribution in [0.25, 0.3) is 20.4 Å². The van der Waals surface area contributed by atoms with Crippen LogP contribution in [0.3, 0.4) is 0 Å². The molecule has 0 saturated carbocycles. The number of ether oxygens (including phenoxy) is 2. The van der Waals surface area contributed by atoms with Crippen molar-refractivity contribution in [2.45, 2.75) is 49.5 Å². The van der Waals surface area contributed by atoms with Crippen LogP contribution in [0.4, 0.5) is 0 Å². The summed E-state index contributed by atoms with van der Waals surface area (Å²) in [7, 11) is -5.17. The zero-order valence-electron chi connectivity index (χ0n) is 23.1. The van der Waals surface area contributed by atoms with Crippen LogP contribution in [0, 0.1) is 0 Å².